The van der Waals surface area contributed by atoms with Crippen LogP contribution in [0.1, 0.15) is 13.3 Å². The van der Waals surface area contributed by atoms with Crippen molar-refractivity contribution >= 4 is 7.82 Å². The summed E-state index contributed by atoms with van der Waals surface area (Å²) in [6.45, 7) is 2.06. The lowest BCUT2D eigenvalue weighted by Crippen LogP contribution is -2.47. The quantitative estimate of drug-likeness (QED) is 0.516. The number of hydrogen-bond acceptors (Lipinski definition) is 2. The zero-order chi connectivity index (χ0) is 10.7. The molecule has 0 aliphatic rings. The van der Waals surface area contributed by atoms with Crippen molar-refractivity contribution in [3.8, 4) is 0 Å². The molecule has 0 aromatic rings. The minimum atomic E-state index is -4.31. The van der Waals surface area contributed by atoms with E-state index in [9.17, 15) is 4.57 Å². The van der Waals surface area contributed by atoms with Crippen LogP contribution in [-0.2, 0) is 9.09 Å². The summed E-state index contributed by atoms with van der Waals surface area (Å²) in [7, 11) is 1.60. The van der Waals surface area contributed by atoms with Crippen molar-refractivity contribution in [1.29, 1.82) is 0 Å². The molecule has 0 spiro atoms. The maximum Gasteiger partial charge on any atom is 0.469 e. The maximum absolute atomic E-state index is 10.4. The third kappa shape index (κ3) is 6.18. The number of quaternary nitrogens is 1. The molecule has 5 nitrogen and oxygen atoms in total. The Hall–Kier alpha value is 0.0700. The molecule has 1 atom stereocenters. The Kier molecular flexibility index (Phi) is 4.55. The highest BCUT2D eigenvalue weighted by atomic mass is 31.2. The molecule has 1 unspecified atom stereocenters. The highest BCUT2D eigenvalue weighted by Gasteiger charge is 2.25. The van der Waals surface area contributed by atoms with Crippen LogP contribution in [0.4, 0.5) is 0 Å². The van der Waals surface area contributed by atoms with E-state index < -0.39 is 7.82 Å². The average molecular weight is 212 g/mol. The summed E-state index contributed by atoms with van der Waals surface area (Å²) in [6.07, 6.45) is 0.823. The van der Waals surface area contributed by atoms with Gasteiger partial charge in [-0.25, -0.2) is 4.57 Å². The van der Waals surface area contributed by atoms with Gasteiger partial charge in [0, 0.05) is 0 Å². The molecule has 0 fully saturated rings. The smallest absolute Gasteiger partial charge is 0.327 e. The summed E-state index contributed by atoms with van der Waals surface area (Å²) >= 11 is 0. The number of phosphoric acid groups is 1. The summed E-state index contributed by atoms with van der Waals surface area (Å²) in [6, 6.07) is 0.104. The first-order valence-electron chi connectivity index (χ1n) is 4.18. The van der Waals surface area contributed by atoms with E-state index in [1.807, 2.05) is 28.1 Å². The first-order chi connectivity index (χ1) is 5.67. The summed E-state index contributed by atoms with van der Waals surface area (Å²) in [5, 5.41) is 0. The van der Waals surface area contributed by atoms with Crippen LogP contribution in [0.25, 0.3) is 0 Å². The number of phosphoric ester groups is 1. The highest BCUT2D eigenvalue weighted by molar-refractivity contribution is 7.46. The van der Waals surface area contributed by atoms with E-state index in [4.69, 9.17) is 9.79 Å². The van der Waals surface area contributed by atoms with E-state index in [-0.39, 0.29) is 12.6 Å². The van der Waals surface area contributed by atoms with Crippen molar-refractivity contribution < 1.29 is 23.4 Å². The first kappa shape index (κ1) is 13.1. The van der Waals surface area contributed by atoms with Crippen molar-refractivity contribution in [2.45, 2.75) is 19.4 Å². The van der Waals surface area contributed by atoms with Gasteiger partial charge in [-0.2, -0.15) is 0 Å². The molecule has 0 amide bonds. The molecule has 0 bridgehead atoms. The standard InChI is InChI=1S/C7H18NO4P/c1-5-7(8(2,3)4)6-12-13(9,10)11/h7H,5-6H2,1-4H3,(H-,9,10,11)/p+1. The number of hydrogen-bond donors (Lipinski definition) is 2. The van der Waals surface area contributed by atoms with Gasteiger partial charge in [0.1, 0.15) is 12.6 Å². The number of likely N-dealkylation sites (N-methyl/N-ethyl adjacent to an activating group) is 1. The molecule has 0 rings (SSSR count). The van der Waals surface area contributed by atoms with Crippen molar-refractivity contribution in [2.24, 2.45) is 0 Å². The monoisotopic (exact) mass is 212 g/mol. The van der Waals surface area contributed by atoms with E-state index in [0.717, 1.165) is 6.42 Å². The van der Waals surface area contributed by atoms with E-state index in [0.29, 0.717) is 4.48 Å². The van der Waals surface area contributed by atoms with Crippen LogP contribution in [0, 0.1) is 0 Å². The van der Waals surface area contributed by atoms with Gasteiger partial charge >= 0.3 is 7.82 Å². The molecule has 13 heavy (non-hydrogen) atoms. The fourth-order valence-corrected chi connectivity index (χ4v) is 1.44. The average Bonchev–Trinajstić information content (AvgIpc) is 1.82. The van der Waals surface area contributed by atoms with Crippen LogP contribution in [0.15, 0.2) is 0 Å². The van der Waals surface area contributed by atoms with Gasteiger partial charge < -0.3 is 14.3 Å². The highest BCUT2D eigenvalue weighted by Crippen LogP contribution is 2.36. The Morgan fingerprint density at radius 2 is 1.85 bits per heavy atom. The maximum atomic E-state index is 10.4. The number of nitrogens with zero attached hydrogens (tertiary/aromatic N) is 1. The van der Waals surface area contributed by atoms with Gasteiger partial charge in [-0.15, -0.1) is 0 Å². The van der Waals surface area contributed by atoms with E-state index in [1.54, 1.807) is 0 Å². The van der Waals surface area contributed by atoms with Crippen LogP contribution in [0.3, 0.4) is 0 Å². The predicted octanol–water partition coefficient (Wildman–Crippen LogP) is 0.580. The van der Waals surface area contributed by atoms with E-state index in [1.165, 1.54) is 0 Å². The second-order valence-electron chi connectivity index (χ2n) is 3.96. The normalized spacial score (nSPS) is 15.8. The molecule has 2 N–H and O–H groups in total. The molecule has 0 radical (unpaired) electrons. The fraction of sp³-hybridized carbons (Fsp3) is 1.00. The predicted molar refractivity (Wildman–Crippen MR) is 50.1 cm³/mol. The topological polar surface area (TPSA) is 66.8 Å². The van der Waals surface area contributed by atoms with Crippen molar-refractivity contribution in [3.05, 3.63) is 0 Å². The van der Waals surface area contributed by atoms with Crippen LogP contribution in [-0.4, -0.2) is 48.1 Å². The van der Waals surface area contributed by atoms with Gasteiger partial charge in [0.2, 0.25) is 0 Å². The van der Waals surface area contributed by atoms with Gasteiger partial charge in [0.15, 0.2) is 0 Å². The molecule has 0 saturated heterocycles. The second-order valence-corrected chi connectivity index (χ2v) is 5.20. The Labute approximate surface area is 79.2 Å². The molecule has 0 saturated carbocycles. The van der Waals surface area contributed by atoms with Crippen molar-refractivity contribution in [3.63, 3.8) is 0 Å². The molecule has 6 heteroatoms. The third-order valence-electron chi connectivity index (χ3n) is 2.00. The molecular weight excluding hydrogens is 193 g/mol. The minimum absolute atomic E-state index is 0.0876. The van der Waals surface area contributed by atoms with E-state index >= 15 is 0 Å². The summed E-state index contributed by atoms with van der Waals surface area (Å²) in [5.74, 6) is 0. The third-order valence-corrected chi connectivity index (χ3v) is 2.49. The van der Waals surface area contributed by atoms with Crippen molar-refractivity contribution in [2.75, 3.05) is 27.7 Å². The summed E-state index contributed by atoms with van der Waals surface area (Å²) in [4.78, 5) is 17.0. The lowest BCUT2D eigenvalue weighted by molar-refractivity contribution is -0.896. The molecule has 0 aliphatic heterocycles. The fourth-order valence-electron chi connectivity index (χ4n) is 1.07. The first-order valence-corrected chi connectivity index (χ1v) is 5.71. The second kappa shape index (κ2) is 4.53. The SMILES string of the molecule is CCC(COP(=O)(O)O)[N+](C)(C)C. The van der Waals surface area contributed by atoms with Crippen LogP contribution < -0.4 is 0 Å². The van der Waals surface area contributed by atoms with Gasteiger partial charge in [-0.3, -0.25) is 4.52 Å². The van der Waals surface area contributed by atoms with Crippen LogP contribution in [0.2, 0.25) is 0 Å². The summed E-state index contributed by atoms with van der Waals surface area (Å²) < 4.78 is 15.5. The molecule has 80 valence electrons. The Balaban J connectivity index is 4.09. The summed E-state index contributed by atoms with van der Waals surface area (Å²) in [5.41, 5.74) is 0. The zero-order valence-corrected chi connectivity index (χ0v) is 9.49. The van der Waals surface area contributed by atoms with Gasteiger partial charge in [0.05, 0.1) is 21.1 Å². The van der Waals surface area contributed by atoms with Gasteiger partial charge in [-0.1, -0.05) is 6.92 Å². The molecule has 0 aromatic carbocycles. The van der Waals surface area contributed by atoms with Crippen LogP contribution in [0.5, 0.6) is 0 Å². The Morgan fingerprint density at radius 3 is 2.08 bits per heavy atom. The van der Waals surface area contributed by atoms with Crippen molar-refractivity contribution in [1.82, 2.24) is 0 Å². The minimum Gasteiger partial charge on any atom is -0.327 e. The largest absolute Gasteiger partial charge is 0.469 e. The molecule has 0 aromatic heterocycles. The molecular formula is C7H19NO4P+. The zero-order valence-electron chi connectivity index (χ0n) is 8.60. The van der Waals surface area contributed by atoms with Crippen LogP contribution >= 0.6 is 7.82 Å². The Bertz CT molecular complexity index is 195. The Morgan fingerprint density at radius 1 is 1.38 bits per heavy atom. The lowest BCUT2D eigenvalue weighted by Gasteiger charge is -2.33. The van der Waals surface area contributed by atoms with Gasteiger partial charge in [0.25, 0.3) is 0 Å². The number of rotatable bonds is 5. The lowest BCUT2D eigenvalue weighted by atomic mass is 10.2. The molecule has 0 heterocycles. The van der Waals surface area contributed by atoms with Gasteiger partial charge in [-0.05, 0) is 6.42 Å². The van der Waals surface area contributed by atoms with E-state index in [2.05, 4.69) is 4.52 Å². The molecule has 0 aliphatic carbocycles.